The van der Waals surface area contributed by atoms with E-state index in [0.717, 1.165) is 33.7 Å². The van der Waals surface area contributed by atoms with Crippen LogP contribution in [0.5, 0.6) is 5.75 Å². The summed E-state index contributed by atoms with van der Waals surface area (Å²) in [6.45, 7) is 4.53. The molecule has 1 aromatic carbocycles. The highest BCUT2D eigenvalue weighted by atomic mass is 35.5. The average Bonchev–Trinajstić information content (AvgIpc) is 2.91. The predicted octanol–water partition coefficient (Wildman–Crippen LogP) is 4.10. The molecule has 24 heavy (non-hydrogen) atoms. The molecule has 124 valence electrons. The van der Waals surface area contributed by atoms with Gasteiger partial charge in [-0.25, -0.2) is 4.68 Å². The van der Waals surface area contributed by atoms with Crippen LogP contribution in [0.15, 0.2) is 47.5 Å². The van der Waals surface area contributed by atoms with Crippen molar-refractivity contribution >= 4 is 23.4 Å². The third-order valence-corrected chi connectivity index (χ3v) is 4.37. The van der Waals surface area contributed by atoms with Crippen LogP contribution < -0.4 is 4.74 Å². The molecule has 0 saturated heterocycles. The van der Waals surface area contributed by atoms with Crippen molar-refractivity contribution in [2.75, 3.05) is 12.4 Å². The van der Waals surface area contributed by atoms with Gasteiger partial charge in [0.25, 0.3) is 0 Å². The largest absolute Gasteiger partial charge is 0.493 e. The topological polar surface area (TPSA) is 52.8 Å². The maximum atomic E-state index is 5.92. The SMILES string of the molecule is Cc1cc(C)n(-c2ccc(SCCOc3cccc(Cl)c3)nn2)n1. The van der Waals surface area contributed by atoms with E-state index in [1.54, 1.807) is 22.5 Å². The zero-order valence-corrected chi connectivity index (χ0v) is 15.0. The minimum absolute atomic E-state index is 0.575. The highest BCUT2D eigenvalue weighted by Gasteiger charge is 2.06. The van der Waals surface area contributed by atoms with Gasteiger partial charge in [-0.3, -0.25) is 0 Å². The van der Waals surface area contributed by atoms with Crippen molar-refractivity contribution < 1.29 is 4.74 Å². The van der Waals surface area contributed by atoms with E-state index in [1.165, 1.54) is 0 Å². The van der Waals surface area contributed by atoms with Crippen LogP contribution in [0.4, 0.5) is 0 Å². The van der Waals surface area contributed by atoms with Crippen molar-refractivity contribution in [1.82, 2.24) is 20.0 Å². The summed E-state index contributed by atoms with van der Waals surface area (Å²) < 4.78 is 7.44. The second kappa shape index (κ2) is 7.68. The molecule has 7 heteroatoms. The molecule has 0 N–H and O–H groups in total. The lowest BCUT2D eigenvalue weighted by atomic mass is 10.3. The van der Waals surface area contributed by atoms with E-state index in [9.17, 15) is 0 Å². The highest BCUT2D eigenvalue weighted by Crippen LogP contribution is 2.19. The second-order valence-corrected chi connectivity index (χ2v) is 6.77. The summed E-state index contributed by atoms with van der Waals surface area (Å²) in [5.74, 6) is 2.27. The smallest absolute Gasteiger partial charge is 0.175 e. The van der Waals surface area contributed by atoms with E-state index < -0.39 is 0 Å². The molecule has 0 aliphatic heterocycles. The molecule has 5 nitrogen and oxygen atoms in total. The van der Waals surface area contributed by atoms with Gasteiger partial charge in [0.05, 0.1) is 12.3 Å². The third kappa shape index (κ3) is 4.27. The van der Waals surface area contributed by atoms with Crippen molar-refractivity contribution in [3.63, 3.8) is 0 Å². The zero-order valence-electron chi connectivity index (χ0n) is 13.4. The molecule has 0 atom stereocenters. The Balaban J connectivity index is 1.52. The number of benzene rings is 1. The Bertz CT molecular complexity index is 820. The Labute approximate surface area is 150 Å². The number of hydrogen-bond acceptors (Lipinski definition) is 5. The number of hydrogen-bond donors (Lipinski definition) is 0. The lowest BCUT2D eigenvalue weighted by Gasteiger charge is -2.06. The molecule has 3 rings (SSSR count). The summed E-state index contributed by atoms with van der Waals surface area (Å²) in [5, 5.41) is 14.4. The summed E-state index contributed by atoms with van der Waals surface area (Å²) in [6, 6.07) is 13.3. The molecular weight excluding hydrogens is 344 g/mol. The van der Waals surface area contributed by atoms with Gasteiger partial charge in [-0.05, 0) is 50.2 Å². The quantitative estimate of drug-likeness (QED) is 0.489. The maximum Gasteiger partial charge on any atom is 0.175 e. The first kappa shape index (κ1) is 16.8. The standard InChI is InChI=1S/C17H17ClN4OS/c1-12-10-13(2)22(21-12)16-6-7-17(20-19-16)24-9-8-23-15-5-3-4-14(18)11-15/h3-7,10-11H,8-9H2,1-2H3. The van der Waals surface area contributed by atoms with Gasteiger partial charge in [0.1, 0.15) is 10.8 Å². The summed E-state index contributed by atoms with van der Waals surface area (Å²) in [4.78, 5) is 0. The second-order valence-electron chi connectivity index (χ2n) is 5.22. The Kier molecular flexibility index (Phi) is 5.37. The van der Waals surface area contributed by atoms with Gasteiger partial charge in [0.15, 0.2) is 5.82 Å². The molecule has 0 saturated carbocycles. The number of halogens is 1. The maximum absolute atomic E-state index is 5.92. The molecule has 0 aliphatic carbocycles. The first-order valence-electron chi connectivity index (χ1n) is 7.50. The summed E-state index contributed by atoms with van der Waals surface area (Å²) in [6.07, 6.45) is 0. The van der Waals surface area contributed by atoms with Crippen molar-refractivity contribution in [2.45, 2.75) is 18.9 Å². The number of ether oxygens (including phenoxy) is 1. The molecule has 3 aromatic rings. The number of nitrogens with zero attached hydrogens (tertiary/aromatic N) is 4. The molecule has 0 radical (unpaired) electrons. The van der Waals surface area contributed by atoms with E-state index >= 15 is 0 Å². The molecule has 0 amide bonds. The van der Waals surface area contributed by atoms with Gasteiger partial charge < -0.3 is 4.74 Å². The van der Waals surface area contributed by atoms with Crippen molar-refractivity contribution in [3.05, 3.63) is 58.9 Å². The van der Waals surface area contributed by atoms with Gasteiger partial charge in [0, 0.05) is 16.5 Å². The fourth-order valence-electron chi connectivity index (χ4n) is 2.23. The van der Waals surface area contributed by atoms with E-state index in [1.807, 2.05) is 50.2 Å². The molecule has 0 unspecified atom stereocenters. The average molecular weight is 361 g/mol. The summed E-state index contributed by atoms with van der Waals surface area (Å²) in [7, 11) is 0. The lowest BCUT2D eigenvalue weighted by molar-refractivity contribution is 0.344. The Morgan fingerprint density at radius 2 is 2.00 bits per heavy atom. The van der Waals surface area contributed by atoms with E-state index in [-0.39, 0.29) is 0 Å². The zero-order chi connectivity index (χ0) is 16.9. The van der Waals surface area contributed by atoms with Crippen LogP contribution in [-0.2, 0) is 0 Å². The molecule has 0 bridgehead atoms. The van der Waals surface area contributed by atoms with E-state index in [2.05, 4.69) is 15.3 Å². The number of aromatic nitrogens is 4. The van der Waals surface area contributed by atoms with Crippen LogP contribution in [0.2, 0.25) is 5.02 Å². The fourth-order valence-corrected chi connectivity index (χ4v) is 3.05. The number of aryl methyl sites for hydroxylation is 2. The monoisotopic (exact) mass is 360 g/mol. The van der Waals surface area contributed by atoms with E-state index in [0.29, 0.717) is 11.6 Å². The van der Waals surface area contributed by atoms with Crippen molar-refractivity contribution in [3.8, 4) is 11.6 Å². The highest BCUT2D eigenvalue weighted by molar-refractivity contribution is 7.99. The molecule has 2 heterocycles. The van der Waals surface area contributed by atoms with Crippen molar-refractivity contribution in [1.29, 1.82) is 0 Å². The lowest BCUT2D eigenvalue weighted by Crippen LogP contribution is -2.04. The first-order chi connectivity index (χ1) is 11.6. The van der Waals surface area contributed by atoms with Gasteiger partial charge in [-0.1, -0.05) is 17.7 Å². The van der Waals surface area contributed by atoms with Crippen LogP contribution in [0.25, 0.3) is 5.82 Å². The Morgan fingerprint density at radius 1 is 1.12 bits per heavy atom. The van der Waals surface area contributed by atoms with E-state index in [4.69, 9.17) is 16.3 Å². The third-order valence-electron chi connectivity index (χ3n) is 3.25. The molecular formula is C17H17ClN4OS. The Morgan fingerprint density at radius 3 is 2.67 bits per heavy atom. The van der Waals surface area contributed by atoms with Gasteiger partial charge in [-0.15, -0.1) is 22.0 Å². The first-order valence-corrected chi connectivity index (χ1v) is 8.87. The van der Waals surface area contributed by atoms with Gasteiger partial charge in [0.2, 0.25) is 0 Å². The van der Waals surface area contributed by atoms with Gasteiger partial charge >= 0.3 is 0 Å². The van der Waals surface area contributed by atoms with Crippen LogP contribution in [0.3, 0.4) is 0 Å². The normalized spacial score (nSPS) is 10.8. The summed E-state index contributed by atoms with van der Waals surface area (Å²) >= 11 is 7.52. The predicted molar refractivity (Wildman–Crippen MR) is 96.3 cm³/mol. The summed E-state index contributed by atoms with van der Waals surface area (Å²) in [5.41, 5.74) is 2.00. The molecule has 2 aromatic heterocycles. The van der Waals surface area contributed by atoms with Crippen LogP contribution >= 0.6 is 23.4 Å². The minimum Gasteiger partial charge on any atom is -0.493 e. The molecule has 0 aliphatic rings. The van der Waals surface area contributed by atoms with Crippen LogP contribution in [-0.4, -0.2) is 32.3 Å². The fraction of sp³-hybridized carbons (Fsp3) is 0.235. The molecule has 0 fully saturated rings. The minimum atomic E-state index is 0.575. The van der Waals surface area contributed by atoms with Gasteiger partial charge in [-0.2, -0.15) is 5.10 Å². The molecule has 0 spiro atoms. The van der Waals surface area contributed by atoms with Crippen LogP contribution in [0, 0.1) is 13.8 Å². The number of thioether (sulfide) groups is 1. The van der Waals surface area contributed by atoms with Crippen LogP contribution in [0.1, 0.15) is 11.4 Å². The number of rotatable bonds is 6. The Hall–Kier alpha value is -2.05. The van der Waals surface area contributed by atoms with Crippen molar-refractivity contribution in [2.24, 2.45) is 0 Å².